The smallest absolute Gasteiger partial charge is 0.326 e. The molecule has 0 spiro atoms. The second-order valence-corrected chi connectivity index (χ2v) is 13.1. The molecule has 0 aliphatic carbocycles. The summed E-state index contributed by atoms with van der Waals surface area (Å²) in [7, 11) is -3.37. The molecular formula is C31H34Cl2N4O5S. The lowest BCUT2D eigenvalue weighted by atomic mass is 9.93. The van der Waals surface area contributed by atoms with Crippen LogP contribution in [0.25, 0.3) is 0 Å². The molecule has 2 unspecified atom stereocenters. The Labute approximate surface area is 262 Å². The molecule has 1 saturated heterocycles. The van der Waals surface area contributed by atoms with Gasteiger partial charge in [-0.3, -0.25) is 9.89 Å². The van der Waals surface area contributed by atoms with Gasteiger partial charge in [-0.05, 0) is 67.4 Å². The number of halogens is 2. The Balaban J connectivity index is 1.66. The summed E-state index contributed by atoms with van der Waals surface area (Å²) in [5.74, 6) is 1.62. The summed E-state index contributed by atoms with van der Waals surface area (Å²) in [4.78, 5) is 23.2. The number of hydrogen-bond donors (Lipinski definition) is 0. The van der Waals surface area contributed by atoms with E-state index in [1.54, 1.807) is 34.1 Å². The molecule has 12 heteroatoms. The Morgan fingerprint density at radius 3 is 2.00 bits per heavy atom. The lowest BCUT2D eigenvalue weighted by Crippen LogP contribution is -2.55. The molecule has 3 aromatic rings. The third kappa shape index (κ3) is 6.77. The maximum absolute atomic E-state index is 14.6. The normalized spacial score (nSPS) is 19.3. The fourth-order valence-electron chi connectivity index (χ4n) is 5.44. The first-order chi connectivity index (χ1) is 20.6. The maximum Gasteiger partial charge on any atom is 0.326 e. The quantitative estimate of drug-likeness (QED) is 0.298. The minimum atomic E-state index is -3.37. The molecule has 2 atom stereocenters. The summed E-state index contributed by atoms with van der Waals surface area (Å²) < 4.78 is 37.6. The predicted octanol–water partition coefficient (Wildman–Crippen LogP) is 6.03. The minimum absolute atomic E-state index is 0.209. The first kappa shape index (κ1) is 31.1. The Hall–Kier alpha value is -3.31. The summed E-state index contributed by atoms with van der Waals surface area (Å²) in [6, 6.07) is 19.0. The number of urea groups is 1. The van der Waals surface area contributed by atoms with Crippen LogP contribution in [0.4, 0.5) is 4.79 Å². The highest BCUT2D eigenvalue weighted by Gasteiger charge is 2.45. The first-order valence-electron chi connectivity index (χ1n) is 14.1. The average Bonchev–Trinajstić information content (AvgIpc) is 3.38. The Bertz CT molecular complexity index is 1590. The van der Waals surface area contributed by atoms with Crippen molar-refractivity contribution in [2.75, 3.05) is 45.6 Å². The molecule has 0 N–H and O–H groups in total. The predicted molar refractivity (Wildman–Crippen MR) is 169 cm³/mol. The summed E-state index contributed by atoms with van der Waals surface area (Å²) in [5.41, 5.74) is 2.33. The number of hydrogen-bond acceptors (Lipinski definition) is 6. The summed E-state index contributed by atoms with van der Waals surface area (Å²) in [6.45, 7) is 5.58. The molecule has 9 nitrogen and oxygen atoms in total. The van der Waals surface area contributed by atoms with E-state index >= 15 is 0 Å². The lowest BCUT2D eigenvalue weighted by molar-refractivity contribution is 0.143. The van der Waals surface area contributed by atoms with Gasteiger partial charge in [0.15, 0.2) is 0 Å². The molecule has 2 amide bonds. The van der Waals surface area contributed by atoms with Crippen LogP contribution in [0.5, 0.6) is 11.5 Å². The summed E-state index contributed by atoms with van der Waals surface area (Å²) >= 11 is 12.5. The molecule has 0 aromatic heterocycles. The van der Waals surface area contributed by atoms with Gasteiger partial charge in [-0.15, -0.1) is 0 Å². The van der Waals surface area contributed by atoms with Crippen molar-refractivity contribution >= 4 is 45.1 Å². The van der Waals surface area contributed by atoms with Crippen LogP contribution in [0.2, 0.25) is 10.0 Å². The summed E-state index contributed by atoms with van der Waals surface area (Å²) in [6.07, 6.45) is 1.18. The van der Waals surface area contributed by atoms with E-state index < -0.39 is 22.1 Å². The number of nitrogens with zero attached hydrogens (tertiary/aromatic N) is 4. The van der Waals surface area contributed by atoms with Gasteiger partial charge in [-0.2, -0.15) is 4.31 Å². The minimum Gasteiger partial charge on any atom is -0.494 e. The van der Waals surface area contributed by atoms with E-state index in [-0.39, 0.29) is 32.2 Å². The van der Waals surface area contributed by atoms with Gasteiger partial charge >= 0.3 is 6.03 Å². The van der Waals surface area contributed by atoms with Crippen molar-refractivity contribution in [3.05, 3.63) is 93.5 Å². The van der Waals surface area contributed by atoms with Gasteiger partial charge in [0.1, 0.15) is 23.4 Å². The van der Waals surface area contributed by atoms with E-state index in [0.717, 1.165) is 11.1 Å². The van der Waals surface area contributed by atoms with Gasteiger partial charge < -0.3 is 14.4 Å². The molecule has 0 saturated carbocycles. The molecule has 1 fully saturated rings. The molecular weight excluding hydrogens is 611 g/mol. The van der Waals surface area contributed by atoms with E-state index in [1.165, 1.54) is 10.6 Å². The number of amides is 2. The van der Waals surface area contributed by atoms with Crippen molar-refractivity contribution in [1.82, 2.24) is 14.1 Å². The van der Waals surface area contributed by atoms with Crippen LogP contribution < -0.4 is 9.47 Å². The van der Waals surface area contributed by atoms with Crippen LogP contribution in [-0.2, 0) is 10.0 Å². The fourth-order valence-corrected chi connectivity index (χ4v) is 6.52. The van der Waals surface area contributed by atoms with Crippen molar-refractivity contribution in [2.24, 2.45) is 4.99 Å². The third-order valence-electron chi connectivity index (χ3n) is 7.48. The van der Waals surface area contributed by atoms with Crippen LogP contribution in [0, 0.1) is 0 Å². The van der Waals surface area contributed by atoms with E-state index in [2.05, 4.69) is 0 Å². The molecule has 2 aliphatic heterocycles. The molecule has 2 aliphatic rings. The largest absolute Gasteiger partial charge is 0.494 e. The van der Waals surface area contributed by atoms with Crippen molar-refractivity contribution < 1.29 is 22.7 Å². The highest BCUT2D eigenvalue weighted by Crippen LogP contribution is 2.46. The zero-order chi connectivity index (χ0) is 30.7. The van der Waals surface area contributed by atoms with Crippen molar-refractivity contribution in [2.45, 2.75) is 25.9 Å². The van der Waals surface area contributed by atoms with Gasteiger partial charge in [-0.25, -0.2) is 13.2 Å². The molecule has 3 aromatic carbocycles. The summed E-state index contributed by atoms with van der Waals surface area (Å²) in [5, 5.41) is 1.16. The van der Waals surface area contributed by atoms with E-state index in [9.17, 15) is 13.2 Å². The van der Waals surface area contributed by atoms with Crippen molar-refractivity contribution in [3.8, 4) is 11.5 Å². The molecule has 43 heavy (non-hydrogen) atoms. The molecule has 2 heterocycles. The number of carbonyl (C=O) groups is 1. The second-order valence-electron chi connectivity index (χ2n) is 10.3. The van der Waals surface area contributed by atoms with E-state index in [4.69, 9.17) is 37.7 Å². The number of sulfonamides is 1. The number of ether oxygens (including phenoxy) is 2. The fraction of sp³-hybridized carbons (Fsp3) is 0.355. The average molecular weight is 646 g/mol. The number of piperazine rings is 1. The topological polar surface area (TPSA) is 91.8 Å². The molecule has 0 bridgehead atoms. The third-order valence-corrected chi connectivity index (χ3v) is 9.28. The lowest BCUT2D eigenvalue weighted by Gasteiger charge is -2.38. The number of carbonyl (C=O) groups excluding carboxylic acids is 1. The van der Waals surface area contributed by atoms with Gasteiger partial charge in [0, 0.05) is 36.2 Å². The Morgan fingerprint density at radius 1 is 0.860 bits per heavy atom. The SMILES string of the molecule is CCOc1ccc(OCC)c(C2=NC(c3ccc(Cl)cc3)C(c3ccc(Cl)cc3)N2C(=O)N2CCN(S(C)(=O)=O)CC2)c1. The highest BCUT2D eigenvalue weighted by atomic mass is 35.5. The molecule has 0 radical (unpaired) electrons. The standard InChI is InChI=1S/C31H34Cl2N4O5S/c1-4-41-25-14-15-27(42-5-2)26(20-25)30-34-28(21-6-10-23(32)11-7-21)29(22-8-12-24(33)13-9-22)37(30)31(38)35-16-18-36(19-17-35)43(3,39)40/h6-15,20,28-29H,4-5,16-19H2,1-3H3. The van der Waals surface area contributed by atoms with Crippen LogP contribution in [0.3, 0.4) is 0 Å². The van der Waals surface area contributed by atoms with Gasteiger partial charge in [0.25, 0.3) is 0 Å². The Kier molecular flexibility index (Phi) is 9.51. The van der Waals surface area contributed by atoms with Gasteiger partial charge in [0.05, 0.1) is 31.1 Å². The zero-order valence-corrected chi connectivity index (χ0v) is 26.6. The zero-order valence-electron chi connectivity index (χ0n) is 24.2. The molecule has 5 rings (SSSR count). The van der Waals surface area contributed by atoms with Crippen molar-refractivity contribution in [3.63, 3.8) is 0 Å². The van der Waals surface area contributed by atoms with Gasteiger partial charge in [-0.1, -0.05) is 47.5 Å². The highest BCUT2D eigenvalue weighted by molar-refractivity contribution is 7.88. The Morgan fingerprint density at radius 2 is 1.44 bits per heavy atom. The van der Waals surface area contributed by atoms with Crippen LogP contribution >= 0.6 is 23.2 Å². The van der Waals surface area contributed by atoms with Crippen molar-refractivity contribution in [1.29, 1.82) is 0 Å². The van der Waals surface area contributed by atoms with E-state index in [1.807, 2.05) is 56.3 Å². The monoisotopic (exact) mass is 644 g/mol. The van der Waals surface area contributed by atoms with Gasteiger partial charge in [0.2, 0.25) is 10.0 Å². The molecule has 228 valence electrons. The number of rotatable bonds is 8. The first-order valence-corrected chi connectivity index (χ1v) is 16.7. The van der Waals surface area contributed by atoms with Crippen LogP contribution in [0.15, 0.2) is 71.7 Å². The van der Waals surface area contributed by atoms with Crippen LogP contribution in [0.1, 0.15) is 42.6 Å². The number of amidine groups is 1. The van der Waals surface area contributed by atoms with Crippen LogP contribution in [-0.4, -0.2) is 80.0 Å². The number of benzene rings is 3. The second kappa shape index (κ2) is 13.1. The number of aliphatic imine (C=N–C) groups is 1. The van der Waals surface area contributed by atoms with E-state index in [0.29, 0.717) is 46.2 Å². The maximum atomic E-state index is 14.6.